The molecule has 2 aromatic rings. The number of rotatable bonds is 4. The van der Waals surface area contributed by atoms with Crippen LogP contribution in [0.2, 0.25) is 0 Å². The summed E-state index contributed by atoms with van der Waals surface area (Å²) in [6.45, 7) is -1.71. The SMILES string of the molecule is O=C(Cn1ccc2c(C(=O)O)cccc21)NCC(F)(F)F. The van der Waals surface area contributed by atoms with E-state index in [0.29, 0.717) is 10.9 Å². The van der Waals surface area contributed by atoms with Crippen molar-refractivity contribution in [2.75, 3.05) is 6.54 Å². The Kier molecular flexibility index (Phi) is 3.88. The van der Waals surface area contributed by atoms with E-state index in [-0.39, 0.29) is 12.1 Å². The topological polar surface area (TPSA) is 71.3 Å². The molecule has 0 aliphatic carbocycles. The van der Waals surface area contributed by atoms with E-state index < -0.39 is 24.6 Å². The molecule has 0 saturated carbocycles. The van der Waals surface area contributed by atoms with Gasteiger partial charge in [-0.3, -0.25) is 4.79 Å². The molecule has 1 aromatic carbocycles. The molecule has 21 heavy (non-hydrogen) atoms. The number of benzene rings is 1. The summed E-state index contributed by atoms with van der Waals surface area (Å²) in [5.74, 6) is -1.91. The number of amides is 1. The van der Waals surface area contributed by atoms with Crippen LogP contribution in [0.5, 0.6) is 0 Å². The van der Waals surface area contributed by atoms with Gasteiger partial charge in [0.2, 0.25) is 5.91 Å². The number of fused-ring (bicyclic) bond motifs is 1. The summed E-state index contributed by atoms with van der Waals surface area (Å²) in [6, 6.07) is 6.03. The van der Waals surface area contributed by atoms with Gasteiger partial charge in [0.1, 0.15) is 13.1 Å². The lowest BCUT2D eigenvalue weighted by atomic mass is 10.1. The third kappa shape index (κ3) is 3.53. The highest BCUT2D eigenvalue weighted by molar-refractivity contribution is 6.03. The van der Waals surface area contributed by atoms with Crippen LogP contribution >= 0.6 is 0 Å². The zero-order valence-electron chi connectivity index (χ0n) is 10.6. The molecule has 0 spiro atoms. The third-order valence-corrected chi connectivity index (χ3v) is 2.84. The minimum atomic E-state index is -4.47. The molecular weight excluding hydrogens is 289 g/mol. The van der Waals surface area contributed by atoms with Crippen LogP contribution in [0.1, 0.15) is 10.4 Å². The van der Waals surface area contributed by atoms with E-state index in [1.165, 1.54) is 29.0 Å². The van der Waals surface area contributed by atoms with Crippen LogP contribution in [0, 0.1) is 0 Å². The highest BCUT2D eigenvalue weighted by Gasteiger charge is 2.27. The largest absolute Gasteiger partial charge is 0.478 e. The number of carbonyl (C=O) groups is 2. The molecule has 1 amide bonds. The number of aromatic carboxylic acids is 1. The van der Waals surface area contributed by atoms with Gasteiger partial charge in [0.05, 0.1) is 5.56 Å². The summed E-state index contributed by atoms with van der Waals surface area (Å²) in [7, 11) is 0. The molecule has 0 aliphatic rings. The van der Waals surface area contributed by atoms with Crippen molar-refractivity contribution in [3.63, 3.8) is 0 Å². The van der Waals surface area contributed by atoms with E-state index in [1.807, 2.05) is 0 Å². The van der Waals surface area contributed by atoms with Crippen LogP contribution in [0.15, 0.2) is 30.5 Å². The van der Waals surface area contributed by atoms with Gasteiger partial charge in [-0.05, 0) is 18.2 Å². The second-order valence-corrected chi connectivity index (χ2v) is 4.38. The maximum Gasteiger partial charge on any atom is 0.405 e. The van der Waals surface area contributed by atoms with E-state index in [0.717, 1.165) is 0 Å². The first-order chi connectivity index (χ1) is 9.78. The molecule has 8 heteroatoms. The van der Waals surface area contributed by atoms with Crippen molar-refractivity contribution in [2.24, 2.45) is 0 Å². The Labute approximate surface area is 117 Å². The number of carbonyl (C=O) groups excluding carboxylic acids is 1. The van der Waals surface area contributed by atoms with Gasteiger partial charge in [-0.2, -0.15) is 13.2 Å². The molecule has 0 atom stereocenters. The van der Waals surface area contributed by atoms with Crippen LogP contribution in [-0.2, 0) is 11.3 Å². The van der Waals surface area contributed by atoms with Crippen LogP contribution < -0.4 is 5.32 Å². The Hall–Kier alpha value is -2.51. The van der Waals surface area contributed by atoms with E-state index in [9.17, 15) is 22.8 Å². The van der Waals surface area contributed by atoms with Gasteiger partial charge in [0.25, 0.3) is 0 Å². The van der Waals surface area contributed by atoms with Crippen molar-refractivity contribution in [1.82, 2.24) is 9.88 Å². The standard InChI is InChI=1S/C13H11F3N2O3/c14-13(15,16)7-17-11(19)6-18-5-4-8-9(12(20)21)2-1-3-10(8)18/h1-5H,6-7H2,(H,17,19)(H,20,21). The number of nitrogens with zero attached hydrogens (tertiary/aromatic N) is 1. The van der Waals surface area contributed by atoms with E-state index in [1.54, 1.807) is 11.4 Å². The third-order valence-electron chi connectivity index (χ3n) is 2.84. The van der Waals surface area contributed by atoms with E-state index >= 15 is 0 Å². The fraction of sp³-hybridized carbons (Fsp3) is 0.231. The highest BCUT2D eigenvalue weighted by atomic mass is 19.4. The lowest BCUT2D eigenvalue weighted by Crippen LogP contribution is -2.35. The number of carboxylic acids is 1. The Morgan fingerprint density at radius 1 is 1.24 bits per heavy atom. The van der Waals surface area contributed by atoms with Crippen molar-refractivity contribution in [1.29, 1.82) is 0 Å². The lowest BCUT2D eigenvalue weighted by molar-refractivity contribution is -0.138. The molecule has 0 unspecified atom stereocenters. The predicted molar refractivity (Wildman–Crippen MR) is 68.0 cm³/mol. The Morgan fingerprint density at radius 2 is 1.95 bits per heavy atom. The molecule has 0 aliphatic heterocycles. The van der Waals surface area contributed by atoms with Gasteiger partial charge in [-0.1, -0.05) is 6.07 Å². The number of nitrogens with one attached hydrogen (secondary N) is 1. The van der Waals surface area contributed by atoms with Gasteiger partial charge in [0, 0.05) is 17.1 Å². The number of carboxylic acid groups (broad SMARTS) is 1. The summed E-state index contributed by atoms with van der Waals surface area (Å²) in [5.41, 5.74) is 0.541. The van der Waals surface area contributed by atoms with Crippen LogP contribution in [0.3, 0.4) is 0 Å². The zero-order chi connectivity index (χ0) is 15.6. The van der Waals surface area contributed by atoms with Crippen molar-refractivity contribution in [2.45, 2.75) is 12.7 Å². The minimum Gasteiger partial charge on any atom is -0.478 e. The number of halogens is 3. The number of hydrogen-bond acceptors (Lipinski definition) is 2. The van der Waals surface area contributed by atoms with Crippen molar-refractivity contribution in [3.8, 4) is 0 Å². The molecule has 0 fully saturated rings. The molecule has 2 rings (SSSR count). The zero-order valence-corrected chi connectivity index (χ0v) is 10.6. The minimum absolute atomic E-state index is 0.0712. The smallest absolute Gasteiger partial charge is 0.405 e. The van der Waals surface area contributed by atoms with Crippen molar-refractivity contribution < 1.29 is 27.9 Å². The molecule has 112 valence electrons. The summed E-state index contributed by atoms with van der Waals surface area (Å²) in [6.07, 6.45) is -3.00. The quantitative estimate of drug-likeness (QED) is 0.907. The van der Waals surface area contributed by atoms with Gasteiger partial charge in [0.15, 0.2) is 0 Å². The van der Waals surface area contributed by atoms with Crippen molar-refractivity contribution >= 4 is 22.8 Å². The maximum absolute atomic E-state index is 12.0. The maximum atomic E-state index is 12.0. The van der Waals surface area contributed by atoms with Gasteiger partial charge in [-0.25, -0.2) is 4.79 Å². The molecule has 1 heterocycles. The normalized spacial score (nSPS) is 11.6. The lowest BCUT2D eigenvalue weighted by Gasteiger charge is -2.09. The van der Waals surface area contributed by atoms with Crippen LogP contribution in [0.25, 0.3) is 10.9 Å². The summed E-state index contributed by atoms with van der Waals surface area (Å²) >= 11 is 0. The molecule has 2 N–H and O–H groups in total. The molecule has 0 saturated heterocycles. The Morgan fingerprint density at radius 3 is 2.57 bits per heavy atom. The second kappa shape index (κ2) is 5.47. The molecular formula is C13H11F3N2O3. The Bertz CT molecular complexity index is 692. The molecule has 1 aromatic heterocycles. The van der Waals surface area contributed by atoms with Gasteiger partial charge >= 0.3 is 12.1 Å². The number of hydrogen-bond donors (Lipinski definition) is 2. The first kappa shape index (κ1) is 14.9. The predicted octanol–water partition coefficient (Wildman–Crippen LogP) is 2.02. The van der Waals surface area contributed by atoms with Crippen LogP contribution in [-0.4, -0.2) is 34.3 Å². The molecule has 5 nitrogen and oxygen atoms in total. The first-order valence-electron chi connectivity index (χ1n) is 5.92. The second-order valence-electron chi connectivity index (χ2n) is 4.38. The number of alkyl halides is 3. The number of aromatic nitrogens is 1. The summed E-state index contributed by atoms with van der Waals surface area (Å²) < 4.78 is 37.4. The Balaban J connectivity index is 2.18. The van der Waals surface area contributed by atoms with Crippen molar-refractivity contribution in [3.05, 3.63) is 36.0 Å². The van der Waals surface area contributed by atoms with Gasteiger partial charge in [-0.15, -0.1) is 0 Å². The molecule has 0 radical (unpaired) electrons. The average molecular weight is 300 g/mol. The fourth-order valence-electron chi connectivity index (χ4n) is 1.96. The van der Waals surface area contributed by atoms with E-state index in [2.05, 4.69) is 0 Å². The average Bonchev–Trinajstić information content (AvgIpc) is 2.78. The van der Waals surface area contributed by atoms with Crippen LogP contribution in [0.4, 0.5) is 13.2 Å². The highest BCUT2D eigenvalue weighted by Crippen LogP contribution is 2.20. The molecule has 0 bridgehead atoms. The fourth-order valence-corrected chi connectivity index (χ4v) is 1.96. The summed E-state index contributed by atoms with van der Waals surface area (Å²) in [4.78, 5) is 22.5. The first-order valence-corrected chi connectivity index (χ1v) is 5.92. The van der Waals surface area contributed by atoms with E-state index in [4.69, 9.17) is 5.11 Å². The summed E-state index contributed by atoms with van der Waals surface area (Å²) in [5, 5.41) is 11.2. The van der Waals surface area contributed by atoms with Gasteiger partial charge < -0.3 is 15.0 Å². The monoisotopic (exact) mass is 300 g/mol.